The number of carboxylic acid groups (broad SMARTS) is 1. The van der Waals surface area contributed by atoms with Crippen LogP contribution in [0.2, 0.25) is 0 Å². The highest BCUT2D eigenvalue weighted by Gasteiger charge is 2.38. The van der Waals surface area contributed by atoms with Gasteiger partial charge in [0.2, 0.25) is 11.8 Å². The fourth-order valence-electron chi connectivity index (χ4n) is 2.86. The van der Waals surface area contributed by atoms with Crippen LogP contribution in [0.3, 0.4) is 0 Å². The van der Waals surface area contributed by atoms with Crippen LogP contribution in [-0.4, -0.2) is 49.7 Å². The molecule has 0 spiro atoms. The van der Waals surface area contributed by atoms with Crippen molar-refractivity contribution in [3.05, 3.63) is 76.9 Å². The lowest BCUT2D eigenvalue weighted by Gasteiger charge is -2.13. The van der Waals surface area contributed by atoms with Crippen molar-refractivity contribution < 1.29 is 24.4 Å². The Morgan fingerprint density at radius 1 is 1.22 bits per heavy atom. The van der Waals surface area contributed by atoms with Gasteiger partial charge in [0.25, 0.3) is 5.69 Å². The summed E-state index contributed by atoms with van der Waals surface area (Å²) >= 11 is 1.13. The first-order valence-electron chi connectivity index (χ1n) is 9.33. The number of nitro benzene ring substituents is 1. The number of carbonyl (C=O) groups is 3. The Morgan fingerprint density at radius 3 is 2.44 bits per heavy atom. The molecule has 1 heterocycles. The van der Waals surface area contributed by atoms with Crippen LogP contribution in [0.15, 0.2) is 66.2 Å². The highest BCUT2D eigenvalue weighted by molar-refractivity contribution is 8.15. The van der Waals surface area contributed by atoms with Gasteiger partial charge in [-0.3, -0.25) is 24.6 Å². The van der Waals surface area contributed by atoms with Crippen LogP contribution in [0.1, 0.15) is 16.8 Å². The molecule has 10 nitrogen and oxygen atoms in total. The highest BCUT2D eigenvalue weighted by atomic mass is 32.2. The zero-order chi connectivity index (χ0) is 23.3. The molecule has 1 aliphatic heterocycles. The number of nitrogens with zero attached hydrogens (tertiary/aromatic N) is 3. The van der Waals surface area contributed by atoms with Gasteiger partial charge < -0.3 is 10.4 Å². The van der Waals surface area contributed by atoms with Gasteiger partial charge in [0.05, 0.1) is 16.2 Å². The van der Waals surface area contributed by atoms with Gasteiger partial charge in [0, 0.05) is 30.8 Å². The summed E-state index contributed by atoms with van der Waals surface area (Å²) in [5, 5.41) is 22.0. The van der Waals surface area contributed by atoms with E-state index in [2.05, 4.69) is 16.9 Å². The van der Waals surface area contributed by atoms with E-state index in [0.29, 0.717) is 16.5 Å². The van der Waals surface area contributed by atoms with Crippen molar-refractivity contribution in [1.29, 1.82) is 0 Å². The standard InChI is InChI=1S/C21H18N4O6S/c1-2-11-24-19(27)17(12-18(26)22-14-7-9-16(10-8-14)25(30)31)32-21(24)23-15-5-3-13(4-6-15)20(28)29/h2-10,17H,1,11-12H2,(H,22,26)(H,28,29). The van der Waals surface area contributed by atoms with Crippen LogP contribution >= 0.6 is 11.8 Å². The number of amidine groups is 1. The number of carboxylic acids is 1. The SMILES string of the molecule is C=CCN1C(=O)C(CC(=O)Nc2ccc([N+](=O)[O-])cc2)SC1=Nc1ccc(C(=O)O)cc1. The smallest absolute Gasteiger partial charge is 0.335 e. The number of nitrogens with one attached hydrogen (secondary N) is 1. The molecular weight excluding hydrogens is 436 g/mol. The summed E-state index contributed by atoms with van der Waals surface area (Å²) in [5.74, 6) is -1.77. The second-order valence-corrected chi connectivity index (χ2v) is 7.82. The number of anilines is 1. The minimum Gasteiger partial charge on any atom is -0.478 e. The molecule has 2 N–H and O–H groups in total. The van der Waals surface area contributed by atoms with E-state index in [1.54, 1.807) is 6.08 Å². The molecule has 0 aromatic heterocycles. The minimum absolute atomic E-state index is 0.0955. The van der Waals surface area contributed by atoms with Crippen LogP contribution in [0.4, 0.5) is 17.1 Å². The first kappa shape index (κ1) is 22.7. The minimum atomic E-state index is -1.05. The van der Waals surface area contributed by atoms with E-state index in [-0.39, 0.29) is 30.1 Å². The zero-order valence-corrected chi connectivity index (χ0v) is 17.4. The van der Waals surface area contributed by atoms with E-state index in [1.165, 1.54) is 53.4 Å². The number of thioether (sulfide) groups is 1. The third-order valence-corrected chi connectivity index (χ3v) is 5.58. The Bertz CT molecular complexity index is 1100. The lowest BCUT2D eigenvalue weighted by Crippen LogP contribution is -2.33. The van der Waals surface area contributed by atoms with Crippen molar-refractivity contribution in [2.45, 2.75) is 11.7 Å². The molecule has 1 fully saturated rings. The number of non-ortho nitro benzene ring substituents is 1. The summed E-state index contributed by atoms with van der Waals surface area (Å²) in [6.07, 6.45) is 1.42. The molecule has 0 aliphatic carbocycles. The molecule has 11 heteroatoms. The predicted octanol–water partition coefficient (Wildman–Crippen LogP) is 3.44. The summed E-state index contributed by atoms with van der Waals surface area (Å²) in [6, 6.07) is 11.3. The average molecular weight is 454 g/mol. The van der Waals surface area contributed by atoms with Crippen molar-refractivity contribution in [2.24, 2.45) is 4.99 Å². The molecule has 0 radical (unpaired) electrons. The maximum Gasteiger partial charge on any atom is 0.335 e. The maximum atomic E-state index is 12.8. The second-order valence-electron chi connectivity index (χ2n) is 6.65. The van der Waals surface area contributed by atoms with Gasteiger partial charge in [0.15, 0.2) is 5.17 Å². The summed E-state index contributed by atoms with van der Waals surface area (Å²) < 4.78 is 0. The highest BCUT2D eigenvalue weighted by Crippen LogP contribution is 2.32. The van der Waals surface area contributed by atoms with Crippen LogP contribution < -0.4 is 5.32 Å². The molecule has 1 saturated heterocycles. The van der Waals surface area contributed by atoms with Crippen molar-refractivity contribution in [2.75, 3.05) is 11.9 Å². The van der Waals surface area contributed by atoms with E-state index in [4.69, 9.17) is 5.11 Å². The van der Waals surface area contributed by atoms with E-state index in [1.807, 2.05) is 0 Å². The first-order valence-corrected chi connectivity index (χ1v) is 10.2. The molecule has 2 aromatic carbocycles. The Balaban J connectivity index is 1.71. The quantitative estimate of drug-likeness (QED) is 0.353. The van der Waals surface area contributed by atoms with E-state index < -0.39 is 22.0 Å². The van der Waals surface area contributed by atoms with E-state index in [9.17, 15) is 24.5 Å². The van der Waals surface area contributed by atoms with Gasteiger partial charge in [-0.1, -0.05) is 17.8 Å². The van der Waals surface area contributed by atoms with Crippen LogP contribution in [0.25, 0.3) is 0 Å². The molecule has 0 bridgehead atoms. The maximum absolute atomic E-state index is 12.8. The number of nitro groups is 1. The first-order chi connectivity index (χ1) is 15.3. The Kier molecular flexibility index (Phi) is 7.00. The number of aromatic carboxylic acids is 1. The molecule has 1 aliphatic rings. The number of amides is 2. The monoisotopic (exact) mass is 454 g/mol. The van der Waals surface area contributed by atoms with Gasteiger partial charge in [-0.15, -0.1) is 6.58 Å². The Labute approximate surface area is 186 Å². The van der Waals surface area contributed by atoms with Gasteiger partial charge in [-0.05, 0) is 36.4 Å². The second kappa shape index (κ2) is 9.88. The molecule has 3 rings (SSSR count). The average Bonchev–Trinajstić information content (AvgIpc) is 3.03. The zero-order valence-electron chi connectivity index (χ0n) is 16.6. The summed E-state index contributed by atoms with van der Waals surface area (Å²) in [5.41, 5.74) is 0.872. The summed E-state index contributed by atoms with van der Waals surface area (Å²) in [4.78, 5) is 52.2. The molecule has 0 saturated carbocycles. The summed E-state index contributed by atoms with van der Waals surface area (Å²) in [7, 11) is 0. The van der Waals surface area contributed by atoms with Crippen LogP contribution in [-0.2, 0) is 9.59 Å². The molecule has 32 heavy (non-hydrogen) atoms. The normalized spacial score (nSPS) is 16.8. The number of hydrogen-bond acceptors (Lipinski definition) is 7. The van der Waals surface area contributed by atoms with Crippen molar-refractivity contribution >= 4 is 51.8 Å². The van der Waals surface area contributed by atoms with Gasteiger partial charge >= 0.3 is 5.97 Å². The van der Waals surface area contributed by atoms with Crippen LogP contribution in [0.5, 0.6) is 0 Å². The number of carbonyl (C=O) groups excluding carboxylic acids is 2. The Hall–Kier alpha value is -3.99. The Morgan fingerprint density at radius 2 is 1.88 bits per heavy atom. The van der Waals surface area contributed by atoms with Crippen molar-refractivity contribution in [3.8, 4) is 0 Å². The number of rotatable bonds is 8. The van der Waals surface area contributed by atoms with Gasteiger partial charge in [0.1, 0.15) is 5.25 Å². The number of aliphatic imine (C=N–C) groups is 1. The van der Waals surface area contributed by atoms with Crippen molar-refractivity contribution in [3.63, 3.8) is 0 Å². The third-order valence-electron chi connectivity index (χ3n) is 4.40. The van der Waals surface area contributed by atoms with Crippen molar-refractivity contribution in [1.82, 2.24) is 4.90 Å². The van der Waals surface area contributed by atoms with Gasteiger partial charge in [-0.25, -0.2) is 9.79 Å². The fraction of sp³-hybridized carbons (Fsp3) is 0.143. The van der Waals surface area contributed by atoms with E-state index in [0.717, 1.165) is 11.8 Å². The number of hydrogen-bond donors (Lipinski definition) is 2. The molecule has 2 aromatic rings. The lowest BCUT2D eigenvalue weighted by molar-refractivity contribution is -0.384. The van der Waals surface area contributed by atoms with Gasteiger partial charge in [-0.2, -0.15) is 0 Å². The molecule has 2 amide bonds. The molecule has 1 unspecified atom stereocenters. The van der Waals surface area contributed by atoms with Crippen LogP contribution in [0, 0.1) is 10.1 Å². The molecule has 164 valence electrons. The number of benzene rings is 2. The third kappa shape index (κ3) is 5.38. The largest absolute Gasteiger partial charge is 0.478 e. The molecular formula is C21H18N4O6S. The lowest BCUT2D eigenvalue weighted by atomic mass is 10.2. The topological polar surface area (TPSA) is 142 Å². The fourth-order valence-corrected chi connectivity index (χ4v) is 4.03. The predicted molar refractivity (Wildman–Crippen MR) is 120 cm³/mol. The molecule has 1 atom stereocenters. The summed E-state index contributed by atoms with van der Waals surface area (Å²) in [6.45, 7) is 3.85. The van der Waals surface area contributed by atoms with E-state index >= 15 is 0 Å².